The molecule has 0 spiro atoms. The van der Waals surface area contributed by atoms with Crippen molar-refractivity contribution >= 4 is 38.2 Å². The lowest BCUT2D eigenvalue weighted by molar-refractivity contribution is 0.0994. The van der Waals surface area contributed by atoms with Gasteiger partial charge in [0.2, 0.25) is 0 Å². The molecule has 0 saturated carbocycles. The lowest BCUT2D eigenvalue weighted by Gasteiger charge is -2.10. The summed E-state index contributed by atoms with van der Waals surface area (Å²) in [5, 5.41) is 0.872. The highest BCUT2D eigenvalue weighted by Crippen LogP contribution is 2.29. The molecule has 1 rings (SSSR count). The lowest BCUT2D eigenvalue weighted by atomic mass is 10.1. The molecule has 2 atom stereocenters. The van der Waals surface area contributed by atoms with Crippen LogP contribution in [0.15, 0.2) is 12.1 Å². The Labute approximate surface area is 96.0 Å². The van der Waals surface area contributed by atoms with Crippen LogP contribution in [-0.4, -0.2) is 11.4 Å². The molecule has 0 radical (unpaired) electrons. The predicted molar refractivity (Wildman–Crippen MR) is 64.7 cm³/mol. The van der Waals surface area contributed by atoms with Gasteiger partial charge in [0.25, 0.3) is 0 Å². The summed E-state index contributed by atoms with van der Waals surface area (Å²) in [5.74, 6) is -0.0475. The third kappa shape index (κ3) is 2.28. The van der Waals surface area contributed by atoms with Crippen molar-refractivity contribution in [3.8, 4) is 0 Å². The van der Waals surface area contributed by atoms with Crippen LogP contribution in [0.4, 0.5) is 0 Å². The SMILES string of the molecule is Cc1ccc(Cl)c(C(=O)C(C)P)c1Cl. The van der Waals surface area contributed by atoms with Gasteiger partial charge in [-0.3, -0.25) is 4.79 Å². The minimum absolute atomic E-state index is 0.0475. The molecule has 14 heavy (non-hydrogen) atoms. The highest BCUT2D eigenvalue weighted by atomic mass is 35.5. The Bertz CT molecular complexity index is 375. The van der Waals surface area contributed by atoms with Crippen LogP contribution < -0.4 is 0 Å². The molecule has 0 aliphatic heterocycles. The number of hydrogen-bond acceptors (Lipinski definition) is 1. The first-order chi connectivity index (χ1) is 6.45. The van der Waals surface area contributed by atoms with E-state index in [-0.39, 0.29) is 11.4 Å². The average molecular weight is 249 g/mol. The summed E-state index contributed by atoms with van der Waals surface area (Å²) in [6, 6.07) is 3.50. The van der Waals surface area contributed by atoms with E-state index >= 15 is 0 Å². The van der Waals surface area contributed by atoms with Gasteiger partial charge >= 0.3 is 0 Å². The molecule has 0 heterocycles. The second kappa shape index (κ2) is 4.61. The van der Waals surface area contributed by atoms with Crippen LogP contribution in [0.2, 0.25) is 10.0 Å². The van der Waals surface area contributed by atoms with E-state index in [0.29, 0.717) is 15.6 Å². The summed E-state index contributed by atoms with van der Waals surface area (Å²) in [4.78, 5) is 11.7. The van der Waals surface area contributed by atoms with E-state index in [4.69, 9.17) is 23.2 Å². The van der Waals surface area contributed by atoms with Crippen molar-refractivity contribution in [2.75, 3.05) is 0 Å². The van der Waals surface area contributed by atoms with Crippen molar-refractivity contribution in [2.24, 2.45) is 0 Å². The molecule has 0 saturated heterocycles. The van der Waals surface area contributed by atoms with E-state index in [1.165, 1.54) is 0 Å². The number of rotatable bonds is 2. The van der Waals surface area contributed by atoms with Crippen molar-refractivity contribution in [3.05, 3.63) is 33.3 Å². The Morgan fingerprint density at radius 1 is 1.43 bits per heavy atom. The van der Waals surface area contributed by atoms with Gasteiger partial charge in [-0.15, -0.1) is 9.24 Å². The number of halogens is 2. The van der Waals surface area contributed by atoms with Crippen LogP contribution in [-0.2, 0) is 0 Å². The van der Waals surface area contributed by atoms with Crippen molar-refractivity contribution in [3.63, 3.8) is 0 Å². The molecular formula is C10H11Cl2OP. The van der Waals surface area contributed by atoms with Gasteiger partial charge < -0.3 is 0 Å². The van der Waals surface area contributed by atoms with Crippen LogP contribution >= 0.6 is 32.4 Å². The Morgan fingerprint density at radius 2 is 2.00 bits per heavy atom. The minimum atomic E-state index is -0.174. The zero-order valence-corrected chi connectivity index (χ0v) is 10.6. The van der Waals surface area contributed by atoms with E-state index in [2.05, 4.69) is 9.24 Å². The fraction of sp³-hybridized carbons (Fsp3) is 0.300. The first kappa shape index (κ1) is 12.0. The molecule has 1 aromatic rings. The molecule has 0 bridgehead atoms. The van der Waals surface area contributed by atoms with Crippen LogP contribution in [0.25, 0.3) is 0 Å². The van der Waals surface area contributed by atoms with E-state index in [1.54, 1.807) is 19.1 Å². The quantitative estimate of drug-likeness (QED) is 0.576. The smallest absolute Gasteiger partial charge is 0.172 e. The minimum Gasteiger partial charge on any atom is -0.293 e. The summed E-state index contributed by atoms with van der Waals surface area (Å²) in [5.41, 5.74) is 1.12. The van der Waals surface area contributed by atoms with E-state index < -0.39 is 0 Å². The van der Waals surface area contributed by atoms with Gasteiger partial charge in [-0.05, 0) is 18.6 Å². The van der Waals surface area contributed by atoms with E-state index in [0.717, 1.165) is 5.56 Å². The van der Waals surface area contributed by atoms with Crippen molar-refractivity contribution in [1.82, 2.24) is 0 Å². The van der Waals surface area contributed by atoms with Crippen molar-refractivity contribution in [2.45, 2.75) is 19.5 Å². The lowest BCUT2D eigenvalue weighted by Crippen LogP contribution is -2.11. The van der Waals surface area contributed by atoms with Gasteiger partial charge in [-0.25, -0.2) is 0 Å². The Balaban J connectivity index is 3.33. The molecule has 2 unspecified atom stereocenters. The number of carbonyl (C=O) groups excluding carboxylic acids is 1. The molecular weight excluding hydrogens is 238 g/mol. The summed E-state index contributed by atoms with van der Waals surface area (Å²) in [6.45, 7) is 3.64. The summed E-state index contributed by atoms with van der Waals surface area (Å²) in [7, 11) is 2.44. The van der Waals surface area contributed by atoms with Gasteiger partial charge in [0, 0.05) is 5.66 Å². The molecule has 1 nitrogen and oxygen atoms in total. The van der Waals surface area contributed by atoms with Gasteiger partial charge in [-0.2, -0.15) is 0 Å². The molecule has 0 N–H and O–H groups in total. The second-order valence-electron chi connectivity index (χ2n) is 3.21. The fourth-order valence-electron chi connectivity index (χ4n) is 1.11. The number of Topliss-reactive ketones (excluding diaryl/α,β-unsaturated/α-hetero) is 1. The molecule has 76 valence electrons. The Morgan fingerprint density at radius 3 is 2.50 bits per heavy atom. The Kier molecular flexibility index (Phi) is 3.94. The number of benzene rings is 1. The van der Waals surface area contributed by atoms with E-state index in [9.17, 15) is 4.79 Å². The standard InChI is InChI=1S/C10H11Cl2OP/c1-5-3-4-7(11)8(9(5)12)10(13)6(2)14/h3-4,6H,14H2,1-2H3. The van der Waals surface area contributed by atoms with Crippen LogP contribution in [0.3, 0.4) is 0 Å². The average Bonchev–Trinajstić information content (AvgIpc) is 2.12. The second-order valence-corrected chi connectivity index (χ2v) is 4.99. The number of carbonyl (C=O) groups is 1. The maximum Gasteiger partial charge on any atom is 0.172 e. The van der Waals surface area contributed by atoms with Crippen LogP contribution in [0.5, 0.6) is 0 Å². The maximum absolute atomic E-state index is 11.7. The zero-order chi connectivity index (χ0) is 10.9. The predicted octanol–water partition coefficient (Wildman–Crippen LogP) is 3.75. The van der Waals surface area contributed by atoms with Crippen LogP contribution in [0, 0.1) is 6.92 Å². The molecule has 0 aliphatic carbocycles. The number of ketones is 1. The van der Waals surface area contributed by atoms with Crippen molar-refractivity contribution < 1.29 is 4.79 Å². The molecule has 4 heteroatoms. The monoisotopic (exact) mass is 248 g/mol. The first-order valence-electron chi connectivity index (χ1n) is 4.19. The maximum atomic E-state index is 11.7. The topological polar surface area (TPSA) is 17.1 Å². The van der Waals surface area contributed by atoms with Crippen molar-refractivity contribution in [1.29, 1.82) is 0 Å². The number of aryl methyl sites for hydroxylation is 1. The molecule has 0 amide bonds. The Hall–Kier alpha value is -0.100. The van der Waals surface area contributed by atoms with E-state index in [1.807, 2.05) is 6.92 Å². The highest BCUT2D eigenvalue weighted by Gasteiger charge is 2.18. The summed E-state index contributed by atoms with van der Waals surface area (Å²) >= 11 is 11.9. The highest BCUT2D eigenvalue weighted by molar-refractivity contribution is 7.19. The van der Waals surface area contributed by atoms with Crippen LogP contribution in [0.1, 0.15) is 22.8 Å². The van der Waals surface area contributed by atoms with Gasteiger partial charge in [-0.1, -0.05) is 36.2 Å². The summed E-state index contributed by atoms with van der Waals surface area (Å²) in [6.07, 6.45) is 0. The first-order valence-corrected chi connectivity index (χ1v) is 5.61. The van der Waals surface area contributed by atoms with Gasteiger partial charge in [0.15, 0.2) is 5.78 Å². The molecule has 0 fully saturated rings. The normalized spacial score (nSPS) is 12.6. The van der Waals surface area contributed by atoms with Gasteiger partial charge in [0.1, 0.15) is 0 Å². The molecule has 1 aromatic carbocycles. The third-order valence-electron chi connectivity index (χ3n) is 1.94. The number of hydrogen-bond donors (Lipinski definition) is 0. The molecule has 0 aromatic heterocycles. The summed E-state index contributed by atoms with van der Waals surface area (Å²) < 4.78 is 0. The largest absolute Gasteiger partial charge is 0.293 e. The third-order valence-corrected chi connectivity index (χ3v) is 3.05. The van der Waals surface area contributed by atoms with Gasteiger partial charge in [0.05, 0.1) is 15.6 Å². The molecule has 0 aliphatic rings. The zero-order valence-electron chi connectivity index (χ0n) is 7.97. The fourth-order valence-corrected chi connectivity index (χ4v) is 1.83.